The van der Waals surface area contributed by atoms with Crippen molar-refractivity contribution in [3.8, 4) is 0 Å². The lowest BCUT2D eigenvalue weighted by Crippen LogP contribution is -0.290. The predicted octanol–water partition coefficient (Wildman–Crippen LogP) is -8.65. The maximum Gasteiger partial charge on any atom is -0.147 e. The molecular formula is H23ClO11. The zero-order valence-corrected chi connectivity index (χ0v) is 6.72. The molecule has 0 unspecified atom stereocenters. The van der Waals surface area contributed by atoms with E-state index in [-0.39, 0.29) is 72.6 Å². The zero-order valence-electron chi connectivity index (χ0n) is 5.91. The molecule has 12 heteroatoms. The fraction of sp³-hybridized carbons (Fsp3) is 0. The molecule has 0 spiro atoms. The minimum atomic E-state index is 0. The Kier molecular flexibility index (Phi) is 242000000. The van der Waals surface area contributed by atoms with Crippen LogP contribution in [0.1, 0.15) is 0 Å². The van der Waals surface area contributed by atoms with Gasteiger partial charge in [0, 0.05) is 0 Å². The molecule has 0 aromatic rings. The summed E-state index contributed by atoms with van der Waals surface area (Å²) < 4.78 is 0. The van der Waals surface area contributed by atoms with Gasteiger partial charge >= 0.3 is 0 Å². The summed E-state index contributed by atoms with van der Waals surface area (Å²) in [4.78, 5) is 0. The molecule has 0 saturated heterocycles. The van der Waals surface area contributed by atoms with Crippen molar-refractivity contribution in [2.75, 3.05) is 0 Å². The lowest BCUT2D eigenvalue weighted by atomic mass is 16.0. The summed E-state index contributed by atoms with van der Waals surface area (Å²) in [6.07, 6.45) is 0. The molecule has 12 heavy (non-hydrogen) atoms. The number of hydrogen-bond donors (Lipinski definition) is 0. The molecule has 0 radical (unpaired) electrons. The molecule has 0 heterocycles. The fourth-order valence-electron chi connectivity index (χ4n) is 0. The quantitative estimate of drug-likeness (QED) is 0.376. The van der Waals surface area contributed by atoms with Gasteiger partial charge < -0.3 is 60.2 Å². The SMILES string of the molecule is Cl.O.O.O.O.O.O.O.O.O.O.O. The van der Waals surface area contributed by atoms with E-state index in [1.165, 1.54) is 0 Å². The van der Waals surface area contributed by atoms with Gasteiger partial charge in [0.25, 0.3) is 0 Å². The van der Waals surface area contributed by atoms with Crippen molar-refractivity contribution in [2.24, 2.45) is 0 Å². The average molecular weight is 235 g/mol. The Hall–Kier alpha value is -0.150. The van der Waals surface area contributed by atoms with Crippen LogP contribution in [0.2, 0.25) is 0 Å². The summed E-state index contributed by atoms with van der Waals surface area (Å²) in [6.45, 7) is 0. The van der Waals surface area contributed by atoms with Crippen LogP contribution in [0.15, 0.2) is 0 Å². The van der Waals surface area contributed by atoms with Gasteiger partial charge in [-0.15, -0.1) is 12.4 Å². The van der Waals surface area contributed by atoms with Gasteiger partial charge in [0.1, 0.15) is 0 Å². The molecule has 0 saturated carbocycles. The second-order valence-electron chi connectivity index (χ2n) is 0. The summed E-state index contributed by atoms with van der Waals surface area (Å²) in [7, 11) is 0. The highest BCUT2D eigenvalue weighted by molar-refractivity contribution is 5.85. The maximum atomic E-state index is 0. The molecule has 0 aliphatic carbocycles. The van der Waals surface area contributed by atoms with Gasteiger partial charge in [0.15, 0.2) is 0 Å². The Morgan fingerprint density at radius 2 is 0.167 bits per heavy atom. The van der Waals surface area contributed by atoms with E-state index in [2.05, 4.69) is 0 Å². The fourth-order valence-corrected chi connectivity index (χ4v) is 0. The van der Waals surface area contributed by atoms with Crippen molar-refractivity contribution in [3.63, 3.8) is 0 Å². The van der Waals surface area contributed by atoms with E-state index in [1.54, 1.807) is 0 Å². The summed E-state index contributed by atoms with van der Waals surface area (Å²) in [5.74, 6) is 0. The van der Waals surface area contributed by atoms with Crippen molar-refractivity contribution in [2.45, 2.75) is 0 Å². The molecule has 0 aromatic heterocycles. The van der Waals surface area contributed by atoms with Crippen molar-refractivity contribution in [1.29, 1.82) is 0 Å². The molecule has 96 valence electrons. The Bertz CT molecular complexity index is 4.97. The molecule has 0 rings (SSSR count). The smallest absolute Gasteiger partial charge is 0.147 e. The first-order valence-electron chi connectivity index (χ1n) is 0. The molecule has 0 fully saturated rings. The first-order valence-corrected chi connectivity index (χ1v) is 0. The summed E-state index contributed by atoms with van der Waals surface area (Å²) >= 11 is 0. The van der Waals surface area contributed by atoms with Crippen LogP contribution in [0, 0.1) is 0 Å². The average Bonchev–Trinajstić information content (AvgIpc) is 0. The highest BCUT2D eigenvalue weighted by atomic mass is 35.5. The first-order chi connectivity index (χ1) is 0. The number of halogens is 1. The van der Waals surface area contributed by atoms with Crippen LogP contribution in [0.5, 0.6) is 0 Å². The third-order valence-corrected chi connectivity index (χ3v) is 0. The Labute approximate surface area is 73.8 Å². The Balaban J connectivity index is 0. The minimum absolute atomic E-state index is 0. The Morgan fingerprint density at radius 3 is 0.167 bits per heavy atom. The highest BCUT2D eigenvalue weighted by Gasteiger charge is -0.147. The van der Waals surface area contributed by atoms with Crippen LogP contribution in [0.4, 0.5) is 0 Å². The van der Waals surface area contributed by atoms with E-state index in [9.17, 15) is 0 Å². The third-order valence-electron chi connectivity index (χ3n) is 0. The summed E-state index contributed by atoms with van der Waals surface area (Å²) in [5, 5.41) is 0. The van der Waals surface area contributed by atoms with Crippen molar-refractivity contribution in [3.05, 3.63) is 0 Å². The first kappa shape index (κ1) is 62000. The van der Waals surface area contributed by atoms with Gasteiger partial charge in [-0.05, 0) is 0 Å². The summed E-state index contributed by atoms with van der Waals surface area (Å²) in [6, 6.07) is 0. The van der Waals surface area contributed by atoms with E-state index in [1.807, 2.05) is 0 Å². The largest absolute Gasteiger partial charge is 0.412 e. The third kappa shape index (κ3) is 34300. The van der Waals surface area contributed by atoms with E-state index in [4.69, 9.17) is 0 Å². The van der Waals surface area contributed by atoms with Crippen LogP contribution in [0.3, 0.4) is 0 Å². The molecular weight excluding hydrogens is 211 g/mol. The van der Waals surface area contributed by atoms with Gasteiger partial charge in [-0.2, -0.15) is 0 Å². The van der Waals surface area contributed by atoms with Crippen LogP contribution >= 0.6 is 12.4 Å². The molecule has 11 nitrogen and oxygen atoms in total. The minimum Gasteiger partial charge on any atom is -0.412 e. The summed E-state index contributed by atoms with van der Waals surface area (Å²) in [5.41, 5.74) is 0. The molecule has 0 aromatic carbocycles. The van der Waals surface area contributed by atoms with Gasteiger partial charge in [-0.25, -0.2) is 0 Å². The van der Waals surface area contributed by atoms with Crippen LogP contribution < -0.4 is 0 Å². The van der Waals surface area contributed by atoms with E-state index in [0.29, 0.717) is 0 Å². The molecule has 22 N–H and O–H groups in total. The van der Waals surface area contributed by atoms with Crippen molar-refractivity contribution < 1.29 is 60.2 Å². The topological polar surface area (TPSA) is 346 Å². The number of rotatable bonds is 0. The van der Waals surface area contributed by atoms with Crippen LogP contribution in [-0.2, 0) is 0 Å². The second kappa shape index (κ2) is 46800. The molecule has 0 amide bonds. The normalized spacial score (nSPS) is 0. The molecule has 0 aliphatic heterocycles. The molecule has 0 atom stereocenters. The van der Waals surface area contributed by atoms with Crippen molar-refractivity contribution in [1.82, 2.24) is 0 Å². The van der Waals surface area contributed by atoms with Gasteiger partial charge in [-0.3, -0.25) is 0 Å². The molecule has 0 aliphatic rings. The lowest BCUT2D eigenvalue weighted by Gasteiger charge is -0.413. The van der Waals surface area contributed by atoms with E-state index in [0.717, 1.165) is 0 Å². The molecule has 0 bridgehead atoms. The highest BCUT2D eigenvalue weighted by Crippen LogP contribution is 0.690. The van der Waals surface area contributed by atoms with E-state index < -0.39 is 0 Å². The van der Waals surface area contributed by atoms with E-state index >= 15 is 0 Å². The van der Waals surface area contributed by atoms with Crippen LogP contribution in [-0.4, -0.2) is 60.2 Å². The predicted molar refractivity (Wildman–Crippen MR) is 47.0 cm³/mol. The van der Waals surface area contributed by atoms with Gasteiger partial charge in [-0.1, -0.05) is 0 Å². The standard InChI is InChI=1S/ClH.11H2O/h1H;11*1H2. The van der Waals surface area contributed by atoms with Gasteiger partial charge in [0.2, 0.25) is 0 Å². The zero-order chi connectivity index (χ0) is 0. The maximum absolute atomic E-state index is 0. The monoisotopic (exact) mass is 234 g/mol. The van der Waals surface area contributed by atoms with Gasteiger partial charge in [0.05, 0.1) is 0 Å². The second-order valence-corrected chi connectivity index (χ2v) is 0. The Morgan fingerprint density at radius 1 is 0.167 bits per heavy atom. The lowest BCUT2D eigenvalue weighted by molar-refractivity contribution is 0.823. The van der Waals surface area contributed by atoms with Crippen LogP contribution in [0.25, 0.3) is 0 Å². The number of hydrogen-bond acceptors (Lipinski definition) is 0. The van der Waals surface area contributed by atoms with Crippen molar-refractivity contribution >= 4 is 12.4 Å².